The van der Waals surface area contributed by atoms with Crippen molar-refractivity contribution in [3.05, 3.63) is 65.4 Å². The van der Waals surface area contributed by atoms with Crippen LogP contribution < -0.4 is 0 Å². The number of rotatable bonds is 2. The zero-order chi connectivity index (χ0) is 17.7. The fourth-order valence-corrected chi connectivity index (χ4v) is 4.17. The number of aromatic nitrogens is 2. The topological polar surface area (TPSA) is 66.0 Å². The molecule has 0 saturated carbocycles. The summed E-state index contributed by atoms with van der Waals surface area (Å²) in [6.07, 6.45) is 6.44. The number of benzene rings is 2. The highest BCUT2D eigenvalue weighted by Crippen LogP contribution is 2.37. The van der Waals surface area contributed by atoms with Gasteiger partial charge in [0.15, 0.2) is 0 Å². The Labute approximate surface area is 150 Å². The van der Waals surface area contributed by atoms with Gasteiger partial charge in [0, 0.05) is 28.0 Å². The Morgan fingerprint density at radius 2 is 1.73 bits per heavy atom. The molecular formula is C22H18N2O2. The molecule has 128 valence electrons. The lowest BCUT2D eigenvalue weighted by molar-refractivity contribution is 0.0697. The van der Waals surface area contributed by atoms with Crippen molar-refractivity contribution >= 4 is 27.8 Å². The van der Waals surface area contributed by atoms with Gasteiger partial charge < -0.3 is 10.1 Å². The maximum atomic E-state index is 11.1. The van der Waals surface area contributed by atoms with Crippen LogP contribution in [0.25, 0.3) is 33.1 Å². The van der Waals surface area contributed by atoms with E-state index in [0.717, 1.165) is 35.1 Å². The van der Waals surface area contributed by atoms with E-state index in [2.05, 4.69) is 23.2 Å². The molecule has 0 atom stereocenters. The quantitative estimate of drug-likeness (QED) is 0.541. The number of pyridine rings is 1. The van der Waals surface area contributed by atoms with E-state index in [4.69, 9.17) is 10.1 Å². The molecule has 4 nitrogen and oxygen atoms in total. The van der Waals surface area contributed by atoms with Gasteiger partial charge in [-0.3, -0.25) is 0 Å². The molecule has 0 bridgehead atoms. The smallest absolute Gasteiger partial charge is 0.335 e. The Hall–Kier alpha value is -3.14. The van der Waals surface area contributed by atoms with Gasteiger partial charge >= 0.3 is 5.97 Å². The van der Waals surface area contributed by atoms with Crippen molar-refractivity contribution in [1.29, 1.82) is 0 Å². The highest BCUT2D eigenvalue weighted by Gasteiger charge is 2.21. The number of hydrogen-bond acceptors (Lipinski definition) is 2. The number of carboxylic acids is 1. The fourth-order valence-electron chi connectivity index (χ4n) is 4.17. The number of hydrogen-bond donors (Lipinski definition) is 2. The van der Waals surface area contributed by atoms with Crippen LogP contribution in [0.3, 0.4) is 0 Å². The van der Waals surface area contributed by atoms with E-state index in [-0.39, 0.29) is 0 Å². The molecule has 4 aromatic rings. The summed E-state index contributed by atoms with van der Waals surface area (Å²) in [6, 6.07) is 13.4. The van der Waals surface area contributed by atoms with Gasteiger partial charge in [-0.05, 0) is 67.1 Å². The minimum atomic E-state index is -0.903. The molecule has 2 N–H and O–H groups in total. The molecule has 0 radical (unpaired) electrons. The molecule has 0 saturated heterocycles. The van der Waals surface area contributed by atoms with E-state index < -0.39 is 5.97 Å². The van der Waals surface area contributed by atoms with Gasteiger partial charge in [-0.25, -0.2) is 9.78 Å². The van der Waals surface area contributed by atoms with Crippen LogP contribution in [0.4, 0.5) is 0 Å². The maximum absolute atomic E-state index is 11.1. The largest absolute Gasteiger partial charge is 0.478 e. The molecule has 0 amide bonds. The fraction of sp³-hybridized carbons (Fsp3) is 0.182. The highest BCUT2D eigenvalue weighted by atomic mass is 16.4. The molecule has 2 aromatic carbocycles. The zero-order valence-electron chi connectivity index (χ0n) is 14.2. The number of aryl methyl sites for hydroxylation is 1. The average molecular weight is 342 g/mol. The van der Waals surface area contributed by atoms with Gasteiger partial charge in [-0.15, -0.1) is 0 Å². The standard InChI is InChI=1S/C22H18N2O2/c25-22(26)14-7-5-13(6-8-14)21-16-4-2-1-3-15(16)20-17-11-12-23-18(17)9-10-19(20)24-21/h5-12,23H,1-4H2,(H,25,26). The predicted octanol–water partition coefficient (Wildman–Crippen LogP) is 4.96. The van der Waals surface area contributed by atoms with Gasteiger partial charge in [0.05, 0.1) is 16.8 Å². The van der Waals surface area contributed by atoms with Gasteiger partial charge in [0.2, 0.25) is 0 Å². The molecule has 0 spiro atoms. The molecule has 26 heavy (non-hydrogen) atoms. The van der Waals surface area contributed by atoms with Gasteiger partial charge in [0.25, 0.3) is 0 Å². The second kappa shape index (κ2) is 5.70. The van der Waals surface area contributed by atoms with E-state index in [1.807, 2.05) is 18.3 Å². The van der Waals surface area contributed by atoms with Crippen LogP contribution in [-0.2, 0) is 12.8 Å². The summed E-state index contributed by atoms with van der Waals surface area (Å²) in [5.74, 6) is -0.903. The Balaban J connectivity index is 1.80. The van der Waals surface area contributed by atoms with E-state index >= 15 is 0 Å². The Bertz CT molecular complexity index is 1160. The highest BCUT2D eigenvalue weighted by molar-refractivity contribution is 6.08. The number of H-pyrrole nitrogens is 1. The molecule has 0 unspecified atom stereocenters. The average Bonchev–Trinajstić information content (AvgIpc) is 3.16. The van der Waals surface area contributed by atoms with E-state index in [9.17, 15) is 4.79 Å². The Morgan fingerprint density at radius 1 is 0.962 bits per heavy atom. The minimum Gasteiger partial charge on any atom is -0.478 e. The van der Waals surface area contributed by atoms with Crippen LogP contribution in [0.15, 0.2) is 48.7 Å². The molecule has 0 fully saturated rings. The number of carbonyl (C=O) groups is 1. The molecule has 5 rings (SSSR count). The van der Waals surface area contributed by atoms with Crippen molar-refractivity contribution in [2.45, 2.75) is 25.7 Å². The van der Waals surface area contributed by atoms with Gasteiger partial charge in [-0.2, -0.15) is 0 Å². The Morgan fingerprint density at radius 3 is 2.50 bits per heavy atom. The van der Waals surface area contributed by atoms with E-state index in [1.54, 1.807) is 12.1 Å². The van der Waals surface area contributed by atoms with Gasteiger partial charge in [-0.1, -0.05) is 12.1 Å². The maximum Gasteiger partial charge on any atom is 0.335 e. The first-order valence-corrected chi connectivity index (χ1v) is 8.97. The van der Waals surface area contributed by atoms with Crippen LogP contribution >= 0.6 is 0 Å². The minimum absolute atomic E-state index is 0.303. The number of aromatic amines is 1. The summed E-state index contributed by atoms with van der Waals surface area (Å²) < 4.78 is 0. The molecule has 2 heterocycles. The molecule has 1 aliphatic carbocycles. The van der Waals surface area contributed by atoms with Crippen molar-refractivity contribution in [2.24, 2.45) is 0 Å². The van der Waals surface area contributed by atoms with E-state index in [1.165, 1.54) is 34.7 Å². The Kier molecular flexibility index (Phi) is 3.32. The van der Waals surface area contributed by atoms with Crippen LogP contribution in [-0.4, -0.2) is 21.0 Å². The zero-order valence-corrected chi connectivity index (χ0v) is 14.2. The van der Waals surface area contributed by atoms with Crippen molar-refractivity contribution in [3.8, 4) is 11.3 Å². The summed E-state index contributed by atoms with van der Waals surface area (Å²) >= 11 is 0. The van der Waals surface area contributed by atoms with Gasteiger partial charge in [0.1, 0.15) is 0 Å². The van der Waals surface area contributed by atoms with Crippen molar-refractivity contribution in [2.75, 3.05) is 0 Å². The summed E-state index contributed by atoms with van der Waals surface area (Å²) in [5.41, 5.74) is 7.17. The molecule has 2 aromatic heterocycles. The van der Waals surface area contributed by atoms with Crippen LogP contribution in [0.1, 0.15) is 34.3 Å². The third kappa shape index (κ3) is 2.22. The lowest BCUT2D eigenvalue weighted by Gasteiger charge is -2.22. The summed E-state index contributed by atoms with van der Waals surface area (Å²) in [6.45, 7) is 0. The lowest BCUT2D eigenvalue weighted by Crippen LogP contribution is -2.08. The van der Waals surface area contributed by atoms with Crippen molar-refractivity contribution in [1.82, 2.24) is 9.97 Å². The third-order valence-corrected chi connectivity index (χ3v) is 5.41. The van der Waals surface area contributed by atoms with Crippen LogP contribution in [0.2, 0.25) is 0 Å². The second-order valence-corrected chi connectivity index (χ2v) is 6.91. The summed E-state index contributed by atoms with van der Waals surface area (Å²) in [5, 5.41) is 11.6. The molecule has 0 aliphatic heterocycles. The first kappa shape index (κ1) is 15.1. The summed E-state index contributed by atoms with van der Waals surface area (Å²) in [7, 11) is 0. The normalized spacial score (nSPS) is 13.8. The lowest BCUT2D eigenvalue weighted by atomic mass is 9.85. The van der Waals surface area contributed by atoms with Crippen LogP contribution in [0.5, 0.6) is 0 Å². The number of nitrogens with zero attached hydrogens (tertiary/aromatic N) is 1. The number of nitrogens with one attached hydrogen (secondary N) is 1. The monoisotopic (exact) mass is 342 g/mol. The summed E-state index contributed by atoms with van der Waals surface area (Å²) in [4.78, 5) is 19.4. The van der Waals surface area contributed by atoms with Crippen LogP contribution in [0, 0.1) is 0 Å². The molecule has 1 aliphatic rings. The molecular weight excluding hydrogens is 324 g/mol. The number of carboxylic acid groups (broad SMARTS) is 1. The van der Waals surface area contributed by atoms with Crippen molar-refractivity contribution in [3.63, 3.8) is 0 Å². The molecule has 4 heteroatoms. The number of aromatic carboxylic acids is 1. The van der Waals surface area contributed by atoms with Crippen molar-refractivity contribution < 1.29 is 9.90 Å². The first-order chi connectivity index (χ1) is 12.7. The predicted molar refractivity (Wildman–Crippen MR) is 103 cm³/mol. The second-order valence-electron chi connectivity index (χ2n) is 6.91. The SMILES string of the molecule is O=C(O)c1ccc(-c2nc3ccc4[nH]ccc4c3c3c2CCCC3)cc1. The van der Waals surface area contributed by atoms with E-state index in [0.29, 0.717) is 5.56 Å². The third-order valence-electron chi connectivity index (χ3n) is 5.41. The first-order valence-electron chi connectivity index (χ1n) is 8.97. The number of fused-ring (bicyclic) bond motifs is 5.